The van der Waals surface area contributed by atoms with Crippen molar-refractivity contribution in [2.24, 2.45) is 0 Å². The summed E-state index contributed by atoms with van der Waals surface area (Å²) in [5.41, 5.74) is 7.64. The molecule has 0 bridgehead atoms. The molecule has 2 rings (SSSR count). The number of sulfonamides is 1. The first kappa shape index (κ1) is 18.4. The number of nitrogens with two attached hydrogens (primary N) is 1. The van der Waals surface area contributed by atoms with Gasteiger partial charge in [-0.2, -0.15) is 0 Å². The van der Waals surface area contributed by atoms with E-state index in [1.54, 1.807) is 44.3 Å². The predicted octanol–water partition coefficient (Wildman–Crippen LogP) is 2.71. The molecule has 24 heavy (non-hydrogen) atoms. The molecule has 0 aliphatic rings. The summed E-state index contributed by atoms with van der Waals surface area (Å²) in [5.74, 6) is 0.386. The van der Waals surface area contributed by atoms with Gasteiger partial charge in [0.25, 0.3) is 0 Å². The summed E-state index contributed by atoms with van der Waals surface area (Å²) in [6.45, 7) is 9.57. The van der Waals surface area contributed by atoms with E-state index in [1.165, 1.54) is 0 Å². The van der Waals surface area contributed by atoms with Crippen LogP contribution in [-0.2, 0) is 15.4 Å². The molecule has 0 spiro atoms. The summed E-state index contributed by atoms with van der Waals surface area (Å²) in [5, 5.41) is 0. The molecule has 1 heterocycles. The largest absolute Gasteiger partial charge is 0.382 e. The fourth-order valence-electron chi connectivity index (χ4n) is 2.29. The lowest BCUT2D eigenvalue weighted by Gasteiger charge is -2.20. The normalized spacial score (nSPS) is 12.6. The van der Waals surface area contributed by atoms with Crippen molar-refractivity contribution in [2.45, 2.75) is 51.0 Å². The molecule has 0 aliphatic carbocycles. The highest BCUT2D eigenvalue weighted by Crippen LogP contribution is 2.28. The minimum absolute atomic E-state index is 0.178. The zero-order valence-corrected chi connectivity index (χ0v) is 15.5. The second kappa shape index (κ2) is 6.49. The Bertz CT molecular complexity index is 840. The van der Waals surface area contributed by atoms with E-state index in [2.05, 4.69) is 14.7 Å². The van der Waals surface area contributed by atoms with Gasteiger partial charge in [-0.1, -0.05) is 32.9 Å². The molecular weight excluding hydrogens is 324 g/mol. The van der Waals surface area contributed by atoms with Crippen molar-refractivity contribution in [1.82, 2.24) is 14.7 Å². The molecule has 1 aromatic carbocycles. The maximum Gasteiger partial charge on any atom is 0.240 e. The van der Waals surface area contributed by atoms with Crippen LogP contribution in [0.5, 0.6) is 0 Å². The SMILES string of the molecule is CC(C)NS(=O)(=O)c1cccc(-c2cnc(N)c(C(C)(C)C)n2)c1. The summed E-state index contributed by atoms with van der Waals surface area (Å²) < 4.78 is 27.3. The number of nitrogens with zero attached hydrogens (tertiary/aromatic N) is 2. The smallest absolute Gasteiger partial charge is 0.240 e. The van der Waals surface area contributed by atoms with Crippen molar-refractivity contribution in [3.63, 3.8) is 0 Å². The van der Waals surface area contributed by atoms with E-state index in [4.69, 9.17) is 5.73 Å². The summed E-state index contributed by atoms with van der Waals surface area (Å²) >= 11 is 0. The fraction of sp³-hybridized carbons (Fsp3) is 0.412. The Kier molecular flexibility index (Phi) is 4.96. The molecule has 7 heteroatoms. The third-order valence-electron chi connectivity index (χ3n) is 3.34. The maximum absolute atomic E-state index is 12.3. The van der Waals surface area contributed by atoms with E-state index in [0.717, 1.165) is 0 Å². The van der Waals surface area contributed by atoms with Gasteiger partial charge in [0.05, 0.1) is 22.5 Å². The summed E-state index contributed by atoms with van der Waals surface area (Å²) in [7, 11) is -3.56. The van der Waals surface area contributed by atoms with Crippen LogP contribution in [0.25, 0.3) is 11.3 Å². The van der Waals surface area contributed by atoms with Crippen molar-refractivity contribution in [2.75, 3.05) is 5.73 Å². The first-order chi connectivity index (χ1) is 11.0. The number of hydrogen-bond acceptors (Lipinski definition) is 5. The van der Waals surface area contributed by atoms with Crippen LogP contribution >= 0.6 is 0 Å². The van der Waals surface area contributed by atoms with E-state index in [0.29, 0.717) is 22.8 Å². The third-order valence-corrected chi connectivity index (χ3v) is 5.00. The predicted molar refractivity (Wildman–Crippen MR) is 96.0 cm³/mol. The highest BCUT2D eigenvalue weighted by atomic mass is 32.2. The van der Waals surface area contributed by atoms with Gasteiger partial charge >= 0.3 is 0 Å². The van der Waals surface area contributed by atoms with Gasteiger partial charge in [-0.05, 0) is 26.0 Å². The Morgan fingerprint density at radius 1 is 1.21 bits per heavy atom. The summed E-state index contributed by atoms with van der Waals surface area (Å²) in [4.78, 5) is 9.01. The van der Waals surface area contributed by atoms with Crippen molar-refractivity contribution < 1.29 is 8.42 Å². The topological polar surface area (TPSA) is 98.0 Å². The summed E-state index contributed by atoms with van der Waals surface area (Å²) in [6.07, 6.45) is 1.56. The molecule has 0 unspecified atom stereocenters. The Morgan fingerprint density at radius 2 is 1.88 bits per heavy atom. The minimum atomic E-state index is -3.56. The molecule has 0 fully saturated rings. The van der Waals surface area contributed by atoms with Crippen LogP contribution in [0.1, 0.15) is 40.3 Å². The number of benzene rings is 1. The molecule has 2 aromatic rings. The van der Waals surface area contributed by atoms with Gasteiger partial charge in [0.15, 0.2) is 0 Å². The van der Waals surface area contributed by atoms with E-state index in [9.17, 15) is 8.42 Å². The van der Waals surface area contributed by atoms with Crippen LogP contribution in [0.15, 0.2) is 35.4 Å². The van der Waals surface area contributed by atoms with Gasteiger partial charge in [0.2, 0.25) is 10.0 Å². The van der Waals surface area contributed by atoms with Crippen molar-refractivity contribution in [1.29, 1.82) is 0 Å². The molecule has 0 saturated heterocycles. The molecule has 0 amide bonds. The molecule has 1 aromatic heterocycles. The molecule has 0 atom stereocenters. The van der Waals surface area contributed by atoms with E-state index >= 15 is 0 Å². The molecular formula is C17H24N4O2S. The van der Waals surface area contributed by atoms with E-state index < -0.39 is 10.0 Å². The molecule has 130 valence electrons. The average Bonchev–Trinajstić information content (AvgIpc) is 2.45. The first-order valence-electron chi connectivity index (χ1n) is 7.76. The van der Waals surface area contributed by atoms with Crippen molar-refractivity contribution in [3.05, 3.63) is 36.2 Å². The van der Waals surface area contributed by atoms with Crippen LogP contribution in [0.2, 0.25) is 0 Å². The second-order valence-electron chi connectivity index (χ2n) is 7.04. The zero-order valence-electron chi connectivity index (χ0n) is 14.7. The van der Waals surface area contributed by atoms with Crippen molar-refractivity contribution >= 4 is 15.8 Å². The monoisotopic (exact) mass is 348 g/mol. The Morgan fingerprint density at radius 3 is 2.46 bits per heavy atom. The summed E-state index contributed by atoms with van der Waals surface area (Å²) in [6, 6.07) is 6.48. The van der Waals surface area contributed by atoms with Gasteiger partial charge in [0, 0.05) is 17.0 Å². The number of anilines is 1. The highest BCUT2D eigenvalue weighted by Gasteiger charge is 2.21. The number of nitrogens with one attached hydrogen (secondary N) is 1. The maximum atomic E-state index is 12.3. The van der Waals surface area contributed by atoms with E-state index in [1.807, 2.05) is 20.8 Å². The van der Waals surface area contributed by atoms with Gasteiger partial charge in [-0.25, -0.2) is 23.1 Å². The molecule has 3 N–H and O–H groups in total. The van der Waals surface area contributed by atoms with Gasteiger partial charge < -0.3 is 5.73 Å². The van der Waals surface area contributed by atoms with Crippen LogP contribution in [0.3, 0.4) is 0 Å². The van der Waals surface area contributed by atoms with Crippen LogP contribution in [-0.4, -0.2) is 24.4 Å². The lowest BCUT2D eigenvalue weighted by atomic mass is 9.91. The molecule has 0 saturated carbocycles. The fourth-order valence-corrected chi connectivity index (χ4v) is 3.59. The third kappa shape index (κ3) is 4.10. The lowest BCUT2D eigenvalue weighted by Crippen LogP contribution is -2.30. The highest BCUT2D eigenvalue weighted by molar-refractivity contribution is 7.89. The quantitative estimate of drug-likeness (QED) is 0.885. The minimum Gasteiger partial charge on any atom is -0.382 e. The van der Waals surface area contributed by atoms with Gasteiger partial charge in [-0.15, -0.1) is 0 Å². The lowest BCUT2D eigenvalue weighted by molar-refractivity contribution is 0.568. The second-order valence-corrected chi connectivity index (χ2v) is 8.76. The van der Waals surface area contributed by atoms with Crippen molar-refractivity contribution in [3.8, 4) is 11.3 Å². The molecule has 0 radical (unpaired) electrons. The van der Waals surface area contributed by atoms with Crippen LogP contribution in [0.4, 0.5) is 5.82 Å². The average molecular weight is 348 g/mol. The first-order valence-corrected chi connectivity index (χ1v) is 9.25. The van der Waals surface area contributed by atoms with Crippen LogP contribution in [0, 0.1) is 0 Å². The number of nitrogen functional groups attached to an aromatic ring is 1. The number of rotatable bonds is 4. The molecule has 0 aliphatic heterocycles. The standard InChI is InChI=1S/C17H24N4O2S/c1-11(2)21-24(22,23)13-8-6-7-12(9-13)14-10-19-16(18)15(20-14)17(3,4)5/h6-11,21H,1-5H3,(H2,18,19). The Labute approximate surface area is 143 Å². The number of aromatic nitrogens is 2. The Balaban J connectivity index is 2.50. The zero-order chi connectivity index (χ0) is 18.1. The molecule has 6 nitrogen and oxygen atoms in total. The van der Waals surface area contributed by atoms with E-state index in [-0.39, 0.29) is 16.4 Å². The van der Waals surface area contributed by atoms with Gasteiger partial charge in [-0.3, -0.25) is 0 Å². The number of hydrogen-bond donors (Lipinski definition) is 2. The van der Waals surface area contributed by atoms with Gasteiger partial charge in [0.1, 0.15) is 5.82 Å². The van der Waals surface area contributed by atoms with Crippen LogP contribution < -0.4 is 10.5 Å². The Hall–Kier alpha value is -1.99.